The number of alkyl halides is 3. The van der Waals surface area contributed by atoms with Gasteiger partial charge in [0.1, 0.15) is 5.76 Å². The van der Waals surface area contributed by atoms with Crippen LogP contribution < -0.4 is 10.9 Å². The third-order valence-corrected chi connectivity index (χ3v) is 2.85. The standard InChI is InChI=1S/C14H11F3N2O3/c1-8-11(5-6-22-8)13(21)19-18-12(20)9-3-2-4-10(7-9)14(15,16)17/h2-7H,1H3,(H,18,20)(H,19,21). The highest BCUT2D eigenvalue weighted by Crippen LogP contribution is 2.29. The van der Waals surface area contributed by atoms with E-state index in [1.165, 1.54) is 18.4 Å². The van der Waals surface area contributed by atoms with Crippen molar-refractivity contribution in [3.63, 3.8) is 0 Å². The van der Waals surface area contributed by atoms with Crippen LogP contribution in [0.2, 0.25) is 0 Å². The van der Waals surface area contributed by atoms with E-state index in [1.54, 1.807) is 6.92 Å². The van der Waals surface area contributed by atoms with Crippen molar-refractivity contribution in [2.24, 2.45) is 0 Å². The molecule has 8 heteroatoms. The number of hydrogen-bond donors (Lipinski definition) is 2. The molecule has 22 heavy (non-hydrogen) atoms. The number of aryl methyl sites for hydroxylation is 1. The Kier molecular flexibility index (Phi) is 4.20. The van der Waals surface area contributed by atoms with Crippen molar-refractivity contribution in [1.82, 2.24) is 10.9 Å². The molecule has 2 aromatic rings. The molecule has 0 bridgehead atoms. The van der Waals surface area contributed by atoms with Crippen LogP contribution in [-0.4, -0.2) is 11.8 Å². The van der Waals surface area contributed by atoms with Gasteiger partial charge in [0.15, 0.2) is 0 Å². The van der Waals surface area contributed by atoms with E-state index in [-0.39, 0.29) is 11.1 Å². The summed E-state index contributed by atoms with van der Waals surface area (Å²) < 4.78 is 42.6. The Labute approximate surface area is 123 Å². The number of amides is 2. The van der Waals surface area contributed by atoms with Gasteiger partial charge >= 0.3 is 6.18 Å². The molecule has 1 aromatic carbocycles. The van der Waals surface area contributed by atoms with Crippen LogP contribution in [0.4, 0.5) is 13.2 Å². The third-order valence-electron chi connectivity index (χ3n) is 2.85. The van der Waals surface area contributed by atoms with E-state index in [2.05, 4.69) is 5.43 Å². The van der Waals surface area contributed by atoms with Gasteiger partial charge in [-0.25, -0.2) is 0 Å². The van der Waals surface area contributed by atoms with Gasteiger partial charge < -0.3 is 4.42 Å². The molecule has 0 spiro atoms. The van der Waals surface area contributed by atoms with Crippen molar-refractivity contribution in [2.45, 2.75) is 13.1 Å². The molecule has 0 aliphatic rings. The highest BCUT2D eigenvalue weighted by molar-refractivity contribution is 5.99. The zero-order chi connectivity index (χ0) is 16.3. The van der Waals surface area contributed by atoms with E-state index in [4.69, 9.17) is 4.42 Å². The quantitative estimate of drug-likeness (QED) is 0.838. The van der Waals surface area contributed by atoms with Gasteiger partial charge in [0.25, 0.3) is 11.8 Å². The van der Waals surface area contributed by atoms with Gasteiger partial charge in [-0.1, -0.05) is 6.07 Å². The lowest BCUT2D eigenvalue weighted by atomic mass is 10.1. The zero-order valence-electron chi connectivity index (χ0n) is 11.3. The predicted molar refractivity (Wildman–Crippen MR) is 69.8 cm³/mol. The monoisotopic (exact) mass is 312 g/mol. The number of rotatable bonds is 2. The van der Waals surface area contributed by atoms with Crippen LogP contribution in [0.15, 0.2) is 41.0 Å². The number of carbonyl (C=O) groups is 2. The first-order chi connectivity index (χ1) is 10.3. The second-order valence-electron chi connectivity index (χ2n) is 4.38. The smallest absolute Gasteiger partial charge is 0.416 e. The molecule has 0 fully saturated rings. The van der Waals surface area contributed by atoms with Crippen LogP contribution in [-0.2, 0) is 6.18 Å². The molecule has 0 aliphatic carbocycles. The lowest BCUT2D eigenvalue weighted by Gasteiger charge is -2.10. The Bertz CT molecular complexity index is 707. The minimum absolute atomic E-state index is 0.212. The number of hydrazine groups is 1. The predicted octanol–water partition coefficient (Wildman–Crippen LogP) is 2.68. The van der Waals surface area contributed by atoms with Crippen molar-refractivity contribution < 1.29 is 27.2 Å². The summed E-state index contributed by atoms with van der Waals surface area (Å²) in [6.07, 6.45) is -3.24. The molecule has 1 aromatic heterocycles. The summed E-state index contributed by atoms with van der Waals surface area (Å²) in [5.74, 6) is -1.14. The fourth-order valence-electron chi connectivity index (χ4n) is 1.71. The number of hydrogen-bond acceptors (Lipinski definition) is 3. The van der Waals surface area contributed by atoms with Crippen LogP contribution in [0.3, 0.4) is 0 Å². The maximum atomic E-state index is 12.6. The van der Waals surface area contributed by atoms with Crippen LogP contribution in [0.1, 0.15) is 32.0 Å². The summed E-state index contributed by atoms with van der Waals surface area (Å²) in [5, 5.41) is 0. The number of nitrogens with one attached hydrogen (secondary N) is 2. The number of carbonyl (C=O) groups excluding carboxylic acids is 2. The van der Waals surface area contributed by atoms with Crippen molar-refractivity contribution in [2.75, 3.05) is 0 Å². The Balaban J connectivity index is 2.04. The van der Waals surface area contributed by atoms with E-state index in [1.807, 2.05) is 5.43 Å². The molecule has 0 aliphatic heterocycles. The van der Waals surface area contributed by atoms with Gasteiger partial charge in [-0.15, -0.1) is 0 Å². The zero-order valence-corrected chi connectivity index (χ0v) is 11.3. The normalized spacial score (nSPS) is 11.1. The molecule has 2 N–H and O–H groups in total. The van der Waals surface area contributed by atoms with Crippen LogP contribution in [0.5, 0.6) is 0 Å². The fraction of sp³-hybridized carbons (Fsp3) is 0.143. The summed E-state index contributed by atoms with van der Waals surface area (Å²) in [5.41, 5.74) is 3.19. The second kappa shape index (κ2) is 5.92. The van der Waals surface area contributed by atoms with Crippen LogP contribution >= 0.6 is 0 Å². The van der Waals surface area contributed by atoms with Crippen molar-refractivity contribution >= 4 is 11.8 Å². The van der Waals surface area contributed by atoms with E-state index in [0.717, 1.165) is 12.1 Å². The topological polar surface area (TPSA) is 71.3 Å². The summed E-state index contributed by atoms with van der Waals surface area (Å²) in [4.78, 5) is 23.5. The molecule has 5 nitrogen and oxygen atoms in total. The van der Waals surface area contributed by atoms with E-state index in [9.17, 15) is 22.8 Å². The van der Waals surface area contributed by atoms with Gasteiger partial charge in [0.2, 0.25) is 0 Å². The Hall–Kier alpha value is -2.77. The van der Waals surface area contributed by atoms with Gasteiger partial charge in [-0.05, 0) is 31.2 Å². The van der Waals surface area contributed by atoms with Gasteiger partial charge in [-0.2, -0.15) is 13.2 Å². The SMILES string of the molecule is Cc1occc1C(=O)NNC(=O)c1cccc(C(F)(F)F)c1. The fourth-order valence-corrected chi connectivity index (χ4v) is 1.71. The molecule has 0 radical (unpaired) electrons. The second-order valence-corrected chi connectivity index (χ2v) is 4.38. The Morgan fingerprint density at radius 1 is 1.09 bits per heavy atom. The average Bonchev–Trinajstić information content (AvgIpc) is 2.90. The Morgan fingerprint density at radius 3 is 2.36 bits per heavy atom. The summed E-state index contributed by atoms with van der Waals surface area (Å²) in [7, 11) is 0. The highest BCUT2D eigenvalue weighted by Gasteiger charge is 2.30. The molecule has 2 rings (SSSR count). The lowest BCUT2D eigenvalue weighted by Crippen LogP contribution is -2.41. The maximum Gasteiger partial charge on any atom is 0.416 e. The van der Waals surface area contributed by atoms with E-state index in [0.29, 0.717) is 11.8 Å². The molecule has 2 amide bonds. The molecule has 0 unspecified atom stereocenters. The number of halogens is 3. The largest absolute Gasteiger partial charge is 0.469 e. The summed E-state index contributed by atoms with van der Waals surface area (Å²) in [6, 6.07) is 5.27. The molecular formula is C14H11F3N2O3. The van der Waals surface area contributed by atoms with Crippen molar-refractivity contribution in [3.8, 4) is 0 Å². The summed E-state index contributed by atoms with van der Waals surface area (Å²) >= 11 is 0. The lowest BCUT2D eigenvalue weighted by molar-refractivity contribution is -0.137. The minimum Gasteiger partial charge on any atom is -0.469 e. The molecule has 0 saturated carbocycles. The first-order valence-electron chi connectivity index (χ1n) is 6.11. The molecule has 0 atom stereocenters. The van der Waals surface area contributed by atoms with Gasteiger partial charge in [0.05, 0.1) is 17.4 Å². The molecular weight excluding hydrogens is 301 g/mol. The Morgan fingerprint density at radius 2 is 1.77 bits per heavy atom. The molecule has 0 saturated heterocycles. The third kappa shape index (κ3) is 3.46. The minimum atomic E-state index is -4.55. The van der Waals surface area contributed by atoms with Crippen LogP contribution in [0.25, 0.3) is 0 Å². The molecule has 1 heterocycles. The first-order valence-corrected chi connectivity index (χ1v) is 6.11. The first kappa shape index (κ1) is 15.6. The summed E-state index contributed by atoms with van der Waals surface area (Å²) in [6.45, 7) is 1.56. The van der Waals surface area contributed by atoms with Gasteiger partial charge in [-0.3, -0.25) is 20.4 Å². The van der Waals surface area contributed by atoms with E-state index < -0.39 is 23.6 Å². The van der Waals surface area contributed by atoms with E-state index >= 15 is 0 Å². The van der Waals surface area contributed by atoms with Crippen molar-refractivity contribution in [3.05, 3.63) is 59.0 Å². The molecule has 116 valence electrons. The highest BCUT2D eigenvalue weighted by atomic mass is 19.4. The van der Waals surface area contributed by atoms with Crippen molar-refractivity contribution in [1.29, 1.82) is 0 Å². The van der Waals surface area contributed by atoms with Crippen LogP contribution in [0, 0.1) is 6.92 Å². The van der Waals surface area contributed by atoms with Gasteiger partial charge in [0, 0.05) is 5.56 Å². The number of benzene rings is 1. The average molecular weight is 312 g/mol. The number of furan rings is 1. The maximum absolute atomic E-state index is 12.6.